The molecule has 0 bridgehead atoms. The Morgan fingerprint density at radius 1 is 1.33 bits per heavy atom. The average molecular weight is 215 g/mol. The van der Waals surface area contributed by atoms with E-state index in [4.69, 9.17) is 5.11 Å². The van der Waals surface area contributed by atoms with Gasteiger partial charge in [-0.25, -0.2) is 0 Å². The highest BCUT2D eigenvalue weighted by molar-refractivity contribution is 5.82. The van der Waals surface area contributed by atoms with Crippen LogP contribution in [0.4, 0.5) is 0 Å². The normalized spacial score (nSPS) is 12.2. The number of carboxylic acids is 1. The molecule has 0 aromatic carbocycles. The predicted molar refractivity (Wildman–Crippen MR) is 58.6 cm³/mol. The molecule has 4 nitrogen and oxygen atoms in total. The Bertz CT molecular complexity index is 216. The van der Waals surface area contributed by atoms with Gasteiger partial charge in [0.25, 0.3) is 0 Å². The molecule has 0 saturated heterocycles. The lowest BCUT2D eigenvalue weighted by Crippen LogP contribution is -2.36. The van der Waals surface area contributed by atoms with Crippen molar-refractivity contribution in [2.45, 2.75) is 39.5 Å². The Balaban J connectivity index is 4.17. The number of hydrogen-bond acceptors (Lipinski definition) is 2. The van der Waals surface area contributed by atoms with Gasteiger partial charge in [0, 0.05) is 13.0 Å². The number of hydrogen-bond donors (Lipinski definition) is 1. The minimum Gasteiger partial charge on any atom is -0.480 e. The summed E-state index contributed by atoms with van der Waals surface area (Å²) in [6.07, 6.45) is 3.72. The predicted octanol–water partition coefficient (Wildman–Crippen LogP) is 1.75. The van der Waals surface area contributed by atoms with E-state index in [0.717, 1.165) is 25.7 Å². The molecule has 0 aromatic heterocycles. The van der Waals surface area contributed by atoms with Gasteiger partial charge in [0.15, 0.2) is 0 Å². The number of nitrogens with zero attached hydrogens (tertiary/aromatic N) is 1. The van der Waals surface area contributed by atoms with Crippen LogP contribution in [0.5, 0.6) is 0 Å². The van der Waals surface area contributed by atoms with E-state index in [1.165, 1.54) is 4.90 Å². The molecule has 88 valence electrons. The van der Waals surface area contributed by atoms with Crippen molar-refractivity contribution in [3.63, 3.8) is 0 Å². The molecule has 15 heavy (non-hydrogen) atoms. The summed E-state index contributed by atoms with van der Waals surface area (Å²) in [5, 5.41) is 8.57. The van der Waals surface area contributed by atoms with Crippen LogP contribution in [0.2, 0.25) is 0 Å². The number of carbonyl (C=O) groups excluding carboxylic acids is 1. The van der Waals surface area contributed by atoms with Crippen molar-refractivity contribution in [1.29, 1.82) is 0 Å². The molecule has 1 atom stereocenters. The van der Waals surface area contributed by atoms with Crippen LogP contribution < -0.4 is 0 Å². The van der Waals surface area contributed by atoms with E-state index in [-0.39, 0.29) is 18.4 Å². The maximum Gasteiger partial charge on any atom is 0.323 e. The van der Waals surface area contributed by atoms with E-state index in [1.807, 2.05) is 6.92 Å². The van der Waals surface area contributed by atoms with Gasteiger partial charge < -0.3 is 10.0 Å². The van der Waals surface area contributed by atoms with Crippen LogP contribution in [-0.4, -0.2) is 35.5 Å². The molecule has 0 fully saturated rings. The molecule has 0 aliphatic rings. The second-order valence-electron chi connectivity index (χ2n) is 3.84. The molecule has 0 aromatic rings. The molecule has 0 heterocycles. The van der Waals surface area contributed by atoms with Crippen LogP contribution in [0, 0.1) is 5.92 Å². The van der Waals surface area contributed by atoms with E-state index in [0.29, 0.717) is 0 Å². The molecule has 1 N–H and O–H groups in total. The number of aliphatic carboxylic acids is 1. The van der Waals surface area contributed by atoms with Crippen molar-refractivity contribution in [2.75, 3.05) is 13.6 Å². The molecule has 1 amide bonds. The lowest BCUT2D eigenvalue weighted by atomic mass is 9.98. The van der Waals surface area contributed by atoms with Crippen molar-refractivity contribution in [2.24, 2.45) is 5.92 Å². The Kier molecular flexibility index (Phi) is 6.75. The number of likely N-dealkylation sites (N-methyl/N-ethyl adjacent to an activating group) is 1. The van der Waals surface area contributed by atoms with Gasteiger partial charge in [-0.15, -0.1) is 0 Å². The maximum absolute atomic E-state index is 11.8. The highest BCUT2D eigenvalue weighted by atomic mass is 16.4. The van der Waals surface area contributed by atoms with E-state index >= 15 is 0 Å². The summed E-state index contributed by atoms with van der Waals surface area (Å²) in [5.74, 6) is -1.03. The quantitative estimate of drug-likeness (QED) is 0.703. The largest absolute Gasteiger partial charge is 0.480 e. The van der Waals surface area contributed by atoms with Crippen molar-refractivity contribution < 1.29 is 14.7 Å². The lowest BCUT2D eigenvalue weighted by molar-refractivity contribution is -0.145. The molecule has 0 aliphatic heterocycles. The number of carboxylic acid groups (broad SMARTS) is 1. The fourth-order valence-electron chi connectivity index (χ4n) is 1.55. The Morgan fingerprint density at radius 3 is 2.33 bits per heavy atom. The fourth-order valence-corrected chi connectivity index (χ4v) is 1.55. The number of unbranched alkanes of at least 4 members (excludes halogenated alkanes) is 1. The zero-order valence-electron chi connectivity index (χ0n) is 9.82. The van der Waals surface area contributed by atoms with Gasteiger partial charge in [0.05, 0.1) is 0 Å². The van der Waals surface area contributed by atoms with Crippen LogP contribution in [0.15, 0.2) is 0 Å². The number of rotatable bonds is 7. The van der Waals surface area contributed by atoms with Gasteiger partial charge in [-0.3, -0.25) is 9.59 Å². The van der Waals surface area contributed by atoms with Gasteiger partial charge in [-0.2, -0.15) is 0 Å². The third-order valence-electron chi connectivity index (χ3n) is 2.50. The number of amides is 1. The van der Waals surface area contributed by atoms with Crippen LogP contribution >= 0.6 is 0 Å². The minimum atomic E-state index is -0.962. The standard InChI is InChI=1S/C11H21NO3/c1-4-6-7-9(5-2)11(15)12(3)8-10(13)14/h9H,4-8H2,1-3H3,(H,13,14). The average Bonchev–Trinajstić information content (AvgIpc) is 2.17. The van der Waals surface area contributed by atoms with Gasteiger partial charge in [0.1, 0.15) is 6.54 Å². The second kappa shape index (κ2) is 7.26. The fraction of sp³-hybridized carbons (Fsp3) is 0.818. The zero-order valence-corrected chi connectivity index (χ0v) is 9.82. The lowest BCUT2D eigenvalue weighted by Gasteiger charge is -2.21. The van der Waals surface area contributed by atoms with E-state index < -0.39 is 5.97 Å². The summed E-state index contributed by atoms with van der Waals surface area (Å²) < 4.78 is 0. The van der Waals surface area contributed by atoms with Gasteiger partial charge in [-0.05, 0) is 12.8 Å². The summed E-state index contributed by atoms with van der Waals surface area (Å²) in [6.45, 7) is 3.84. The first-order chi connectivity index (χ1) is 7.02. The summed E-state index contributed by atoms with van der Waals surface area (Å²) in [7, 11) is 1.55. The summed E-state index contributed by atoms with van der Waals surface area (Å²) in [4.78, 5) is 23.5. The smallest absolute Gasteiger partial charge is 0.323 e. The first-order valence-electron chi connectivity index (χ1n) is 5.49. The van der Waals surface area contributed by atoms with Crippen molar-refractivity contribution in [1.82, 2.24) is 4.90 Å². The van der Waals surface area contributed by atoms with Crippen LogP contribution in [0.3, 0.4) is 0 Å². The maximum atomic E-state index is 11.8. The van der Waals surface area contributed by atoms with Crippen LogP contribution in [0.1, 0.15) is 39.5 Å². The first-order valence-corrected chi connectivity index (χ1v) is 5.49. The van der Waals surface area contributed by atoms with Gasteiger partial charge in [0.2, 0.25) is 5.91 Å². The molecule has 0 aliphatic carbocycles. The van der Waals surface area contributed by atoms with Gasteiger partial charge in [-0.1, -0.05) is 26.7 Å². The minimum absolute atomic E-state index is 0.0192. The van der Waals surface area contributed by atoms with Crippen LogP contribution in [-0.2, 0) is 9.59 Å². The van der Waals surface area contributed by atoms with Crippen molar-refractivity contribution in [3.05, 3.63) is 0 Å². The van der Waals surface area contributed by atoms with Crippen LogP contribution in [0.25, 0.3) is 0 Å². The monoisotopic (exact) mass is 215 g/mol. The summed E-state index contributed by atoms with van der Waals surface area (Å²) >= 11 is 0. The molecular weight excluding hydrogens is 194 g/mol. The molecule has 0 saturated carbocycles. The van der Waals surface area contributed by atoms with E-state index in [9.17, 15) is 9.59 Å². The van der Waals surface area contributed by atoms with Gasteiger partial charge >= 0.3 is 5.97 Å². The van der Waals surface area contributed by atoms with E-state index in [2.05, 4.69) is 6.92 Å². The van der Waals surface area contributed by atoms with Crippen molar-refractivity contribution in [3.8, 4) is 0 Å². The summed E-state index contributed by atoms with van der Waals surface area (Å²) in [5.41, 5.74) is 0. The number of carbonyl (C=O) groups is 2. The topological polar surface area (TPSA) is 57.6 Å². The summed E-state index contributed by atoms with van der Waals surface area (Å²) in [6, 6.07) is 0. The third-order valence-corrected chi connectivity index (χ3v) is 2.50. The van der Waals surface area contributed by atoms with Crippen molar-refractivity contribution >= 4 is 11.9 Å². The first kappa shape index (κ1) is 13.9. The Labute approximate surface area is 91.3 Å². The SMILES string of the molecule is CCCCC(CC)C(=O)N(C)CC(=O)O. The third kappa shape index (κ3) is 5.40. The molecule has 4 heteroatoms. The highest BCUT2D eigenvalue weighted by Crippen LogP contribution is 2.14. The molecule has 0 rings (SSSR count). The Hall–Kier alpha value is -1.06. The molecule has 0 spiro atoms. The molecule has 1 unspecified atom stereocenters. The molecular formula is C11H21NO3. The molecule has 0 radical (unpaired) electrons. The zero-order chi connectivity index (χ0) is 11.8. The second-order valence-corrected chi connectivity index (χ2v) is 3.84. The van der Waals surface area contributed by atoms with E-state index in [1.54, 1.807) is 7.05 Å². The Morgan fingerprint density at radius 2 is 1.93 bits per heavy atom. The highest BCUT2D eigenvalue weighted by Gasteiger charge is 2.20.